The van der Waals surface area contributed by atoms with Gasteiger partial charge in [0.05, 0.1) is 17.8 Å². The van der Waals surface area contributed by atoms with Gasteiger partial charge in [0.25, 0.3) is 0 Å². The molecule has 3 nitrogen and oxygen atoms in total. The van der Waals surface area contributed by atoms with Gasteiger partial charge in [0.15, 0.2) is 0 Å². The smallest absolute Gasteiger partial charge is 0.0852 e. The van der Waals surface area contributed by atoms with Gasteiger partial charge < -0.3 is 14.6 Å². The second-order valence-corrected chi connectivity index (χ2v) is 12.7. The van der Waals surface area contributed by atoms with Crippen LogP contribution in [0.25, 0.3) is 0 Å². The van der Waals surface area contributed by atoms with E-state index in [1.807, 2.05) is 7.11 Å². The Morgan fingerprint density at radius 1 is 0.744 bits per heavy atom. The van der Waals surface area contributed by atoms with Crippen molar-refractivity contribution in [1.82, 2.24) is 0 Å². The van der Waals surface area contributed by atoms with Crippen LogP contribution in [0.2, 0.25) is 0 Å². The summed E-state index contributed by atoms with van der Waals surface area (Å²) in [6, 6.07) is 21.6. The zero-order valence-electron chi connectivity index (χ0n) is 23.9. The molecule has 6 rings (SSSR count). The topological polar surface area (TPSA) is 38.7 Å². The van der Waals surface area contributed by atoms with E-state index in [1.54, 1.807) is 7.11 Å². The maximum Gasteiger partial charge on any atom is 0.0852 e. The van der Waals surface area contributed by atoms with E-state index in [4.69, 9.17) is 9.47 Å². The predicted octanol–water partition coefficient (Wildman–Crippen LogP) is 7.53. The molecule has 0 aliphatic heterocycles. The first kappa shape index (κ1) is 28.5. The fourth-order valence-electron chi connectivity index (χ4n) is 7.32. The van der Waals surface area contributed by atoms with Crippen LogP contribution in [-0.4, -0.2) is 30.3 Å². The standard InChI is InChI=1S/C22H26O2.C13H17BrO/c1-15-12-20-16(8-5-9-19(20)21(15)24-2)10-11-22(23)13-17-6-3-4-7-18(17)14-22;1-9-8-12-10(6-7-14)4-3-5-11(12)13(9)15-2/h3-9,15,21,23H,10-14H2,1-2H3;3-5,9,13H,6-8H2,1-2H3. The second-order valence-electron chi connectivity index (χ2n) is 11.9. The molecule has 0 heterocycles. The highest BCUT2D eigenvalue weighted by Crippen LogP contribution is 2.41. The van der Waals surface area contributed by atoms with Crippen molar-refractivity contribution in [2.75, 3.05) is 19.5 Å². The number of benzene rings is 3. The van der Waals surface area contributed by atoms with Crippen molar-refractivity contribution in [3.63, 3.8) is 0 Å². The fourth-order valence-corrected chi connectivity index (χ4v) is 7.75. The van der Waals surface area contributed by atoms with E-state index < -0.39 is 5.60 Å². The Balaban J connectivity index is 0.000000177. The van der Waals surface area contributed by atoms with Crippen LogP contribution >= 0.6 is 15.9 Å². The zero-order valence-corrected chi connectivity index (χ0v) is 25.5. The van der Waals surface area contributed by atoms with E-state index in [2.05, 4.69) is 90.4 Å². The molecule has 0 saturated carbocycles. The summed E-state index contributed by atoms with van der Waals surface area (Å²) in [7, 11) is 3.62. The van der Waals surface area contributed by atoms with Crippen molar-refractivity contribution in [2.24, 2.45) is 11.8 Å². The first-order chi connectivity index (χ1) is 18.9. The van der Waals surface area contributed by atoms with Gasteiger partial charge in [-0.15, -0.1) is 0 Å². The van der Waals surface area contributed by atoms with E-state index in [0.717, 1.165) is 50.3 Å². The number of hydrogen-bond donors (Lipinski definition) is 1. The summed E-state index contributed by atoms with van der Waals surface area (Å²) in [5, 5.41) is 12.1. The van der Waals surface area contributed by atoms with Crippen LogP contribution in [0.5, 0.6) is 0 Å². The Hall–Kier alpha value is -1.98. The molecule has 0 amide bonds. The first-order valence-corrected chi connectivity index (χ1v) is 15.6. The van der Waals surface area contributed by atoms with E-state index in [0.29, 0.717) is 17.9 Å². The summed E-state index contributed by atoms with van der Waals surface area (Å²) >= 11 is 3.51. The Labute approximate surface area is 243 Å². The summed E-state index contributed by atoms with van der Waals surface area (Å²) in [6.45, 7) is 4.53. The number of fused-ring (bicyclic) bond motifs is 3. The van der Waals surface area contributed by atoms with Gasteiger partial charge in [-0.1, -0.05) is 90.4 Å². The number of rotatable bonds is 7. The highest BCUT2D eigenvalue weighted by Gasteiger charge is 2.36. The quantitative estimate of drug-likeness (QED) is 0.289. The normalized spacial score (nSPS) is 24.1. The molecule has 1 N–H and O–H groups in total. The molecule has 3 aliphatic carbocycles. The molecular weight excluding hydrogens is 548 g/mol. The molecule has 0 spiro atoms. The van der Waals surface area contributed by atoms with Crippen molar-refractivity contribution < 1.29 is 14.6 Å². The van der Waals surface area contributed by atoms with E-state index >= 15 is 0 Å². The third-order valence-corrected chi connectivity index (χ3v) is 9.60. The molecule has 0 aromatic heterocycles. The minimum atomic E-state index is -0.586. The summed E-state index contributed by atoms with van der Waals surface area (Å²) < 4.78 is 11.3. The third-order valence-electron chi connectivity index (χ3n) is 9.21. The largest absolute Gasteiger partial charge is 0.389 e. The van der Waals surface area contributed by atoms with E-state index in [-0.39, 0.29) is 6.10 Å². The van der Waals surface area contributed by atoms with Crippen LogP contribution in [0, 0.1) is 11.8 Å². The van der Waals surface area contributed by atoms with Crippen LogP contribution in [0.3, 0.4) is 0 Å². The van der Waals surface area contributed by atoms with Crippen LogP contribution in [0.4, 0.5) is 0 Å². The summed E-state index contributed by atoms with van der Waals surface area (Å²) in [5.74, 6) is 1.14. The minimum absolute atomic E-state index is 0.221. The van der Waals surface area contributed by atoms with Crippen LogP contribution in [0.15, 0.2) is 60.7 Å². The van der Waals surface area contributed by atoms with Gasteiger partial charge in [-0.05, 0) is 88.4 Å². The number of aryl methyl sites for hydroxylation is 2. The zero-order chi connectivity index (χ0) is 27.6. The van der Waals surface area contributed by atoms with Crippen molar-refractivity contribution in [2.45, 2.75) is 76.6 Å². The minimum Gasteiger partial charge on any atom is -0.389 e. The van der Waals surface area contributed by atoms with Gasteiger partial charge in [-0.2, -0.15) is 0 Å². The molecular formula is C35H43BrO3. The number of ether oxygens (including phenoxy) is 2. The summed E-state index contributed by atoms with van der Waals surface area (Å²) in [5.41, 5.74) is 10.6. The molecule has 4 heteroatoms. The molecule has 0 saturated heterocycles. The van der Waals surface area contributed by atoms with Gasteiger partial charge in [-0.3, -0.25) is 0 Å². The van der Waals surface area contributed by atoms with Gasteiger partial charge in [0.1, 0.15) is 0 Å². The molecule has 4 unspecified atom stereocenters. The Kier molecular flexibility index (Phi) is 8.98. The lowest BCUT2D eigenvalue weighted by atomic mass is 9.90. The lowest BCUT2D eigenvalue weighted by Gasteiger charge is -2.23. The molecule has 0 radical (unpaired) electrons. The molecule has 0 bridgehead atoms. The van der Waals surface area contributed by atoms with Gasteiger partial charge >= 0.3 is 0 Å². The number of hydrogen-bond acceptors (Lipinski definition) is 3. The molecule has 3 aliphatic rings. The van der Waals surface area contributed by atoms with Crippen molar-refractivity contribution in [3.05, 3.63) is 105 Å². The van der Waals surface area contributed by atoms with E-state index in [1.165, 1.54) is 44.5 Å². The van der Waals surface area contributed by atoms with E-state index in [9.17, 15) is 5.11 Å². The molecule has 39 heavy (non-hydrogen) atoms. The molecule has 0 fully saturated rings. The molecule has 3 aromatic rings. The van der Waals surface area contributed by atoms with Crippen molar-refractivity contribution in [1.29, 1.82) is 0 Å². The van der Waals surface area contributed by atoms with Crippen molar-refractivity contribution in [3.8, 4) is 0 Å². The van der Waals surface area contributed by atoms with Crippen LogP contribution in [-0.2, 0) is 48.0 Å². The third kappa shape index (κ3) is 5.91. The summed E-state index contributed by atoms with van der Waals surface area (Å²) in [6.07, 6.45) is 7.23. The second kappa shape index (κ2) is 12.3. The number of aliphatic hydroxyl groups is 1. The predicted molar refractivity (Wildman–Crippen MR) is 163 cm³/mol. The van der Waals surface area contributed by atoms with Crippen LogP contribution < -0.4 is 0 Å². The average molecular weight is 592 g/mol. The van der Waals surface area contributed by atoms with Gasteiger partial charge in [-0.25, -0.2) is 0 Å². The number of alkyl halides is 1. The maximum atomic E-state index is 11.0. The Bertz CT molecular complexity index is 1260. The number of halogens is 1. The summed E-state index contributed by atoms with van der Waals surface area (Å²) in [4.78, 5) is 0. The lowest BCUT2D eigenvalue weighted by Crippen LogP contribution is -2.30. The molecule has 208 valence electrons. The fraction of sp³-hybridized carbons (Fsp3) is 0.486. The van der Waals surface area contributed by atoms with Gasteiger partial charge in [0.2, 0.25) is 0 Å². The molecule has 3 aromatic carbocycles. The molecule has 4 atom stereocenters. The Morgan fingerprint density at radius 2 is 1.23 bits per heavy atom. The average Bonchev–Trinajstić information content (AvgIpc) is 3.57. The highest BCUT2D eigenvalue weighted by atomic mass is 79.9. The van der Waals surface area contributed by atoms with Crippen molar-refractivity contribution >= 4 is 15.9 Å². The SMILES string of the molecule is COC1c2cccc(CCBr)c2CC1C.COC1c2cccc(CCC3(O)Cc4ccccc4C3)c2CC1C. The monoisotopic (exact) mass is 590 g/mol. The highest BCUT2D eigenvalue weighted by molar-refractivity contribution is 9.09. The number of methoxy groups -OCH3 is 2. The Morgan fingerprint density at radius 3 is 1.69 bits per heavy atom. The van der Waals surface area contributed by atoms with Crippen LogP contribution in [0.1, 0.15) is 77.0 Å². The first-order valence-electron chi connectivity index (χ1n) is 14.5. The van der Waals surface area contributed by atoms with Gasteiger partial charge in [0, 0.05) is 32.4 Å². The lowest BCUT2D eigenvalue weighted by molar-refractivity contribution is 0.0426. The maximum absolute atomic E-state index is 11.0.